The summed E-state index contributed by atoms with van der Waals surface area (Å²) in [4.78, 5) is 50.5. The van der Waals surface area contributed by atoms with E-state index in [4.69, 9.17) is 4.74 Å². The number of amides is 2. The smallest absolute Gasteiger partial charge is 0.330 e. The van der Waals surface area contributed by atoms with Gasteiger partial charge in [0.2, 0.25) is 5.82 Å². The molecule has 1 aliphatic heterocycles. The van der Waals surface area contributed by atoms with Crippen molar-refractivity contribution in [1.82, 2.24) is 14.5 Å². The molecule has 1 unspecified atom stereocenters. The highest BCUT2D eigenvalue weighted by atomic mass is 19.1. The lowest BCUT2D eigenvalue weighted by Gasteiger charge is -2.19. The normalized spacial score (nSPS) is 14.6. The number of nitrogens with one attached hydrogen (secondary N) is 1. The van der Waals surface area contributed by atoms with Crippen molar-refractivity contribution in [3.05, 3.63) is 68.2 Å². The molecular weight excluding hydrogens is 345 g/mol. The van der Waals surface area contributed by atoms with Gasteiger partial charge in [-0.2, -0.15) is 4.39 Å². The molecule has 0 spiro atoms. The van der Waals surface area contributed by atoms with Gasteiger partial charge in [0.15, 0.2) is 0 Å². The average molecular weight is 361 g/mol. The van der Waals surface area contributed by atoms with Crippen LogP contribution in [0.5, 0.6) is 0 Å². The summed E-state index contributed by atoms with van der Waals surface area (Å²) in [7, 11) is 1.34. The van der Waals surface area contributed by atoms with E-state index in [2.05, 4.69) is 0 Å². The molecule has 2 aromatic rings. The molecule has 136 valence electrons. The number of methoxy groups -OCH3 is 1. The minimum atomic E-state index is -1.10. The number of aromatic amines is 1. The Bertz CT molecular complexity index is 946. The lowest BCUT2D eigenvalue weighted by Crippen LogP contribution is -2.35. The van der Waals surface area contributed by atoms with Crippen LogP contribution in [0.2, 0.25) is 0 Å². The monoisotopic (exact) mass is 361 g/mol. The van der Waals surface area contributed by atoms with Gasteiger partial charge in [0.25, 0.3) is 17.4 Å². The standard InChI is InChI=1S/C17H16FN3O5/c1-26-13(21-9-12(18)14(22)19-17(21)25)7-4-8-20-15(23)10-5-2-3-6-11(10)16(20)24/h2-3,5-6,9,13H,4,7-8H2,1H3,(H,19,22,25). The average Bonchev–Trinajstić information content (AvgIpc) is 2.87. The highest BCUT2D eigenvalue weighted by Crippen LogP contribution is 2.23. The molecule has 9 heteroatoms. The molecule has 1 N–H and O–H groups in total. The van der Waals surface area contributed by atoms with Crippen molar-refractivity contribution in [2.24, 2.45) is 0 Å². The molecule has 0 saturated heterocycles. The third-order valence-electron chi connectivity index (χ3n) is 4.22. The van der Waals surface area contributed by atoms with Crippen molar-refractivity contribution in [3.63, 3.8) is 0 Å². The van der Waals surface area contributed by atoms with E-state index < -0.39 is 23.3 Å². The van der Waals surface area contributed by atoms with E-state index in [-0.39, 0.29) is 24.8 Å². The summed E-state index contributed by atoms with van der Waals surface area (Å²) in [6, 6.07) is 6.56. The molecule has 1 atom stereocenters. The Labute approximate surface area is 146 Å². The molecular formula is C17H16FN3O5. The number of imide groups is 1. The largest absolute Gasteiger partial charge is 0.361 e. The summed E-state index contributed by atoms with van der Waals surface area (Å²) in [5, 5.41) is 0. The third-order valence-corrected chi connectivity index (χ3v) is 4.22. The first-order chi connectivity index (χ1) is 12.4. The van der Waals surface area contributed by atoms with Crippen molar-refractivity contribution in [1.29, 1.82) is 0 Å². The summed E-state index contributed by atoms with van der Waals surface area (Å²) in [5.74, 6) is -1.84. The second-order valence-electron chi connectivity index (χ2n) is 5.78. The number of benzene rings is 1. The molecule has 3 rings (SSSR count). The number of ether oxygens (including phenoxy) is 1. The molecule has 1 aliphatic rings. The summed E-state index contributed by atoms with van der Waals surface area (Å²) >= 11 is 0. The maximum Gasteiger partial charge on any atom is 0.330 e. The van der Waals surface area contributed by atoms with Crippen LogP contribution in [0.15, 0.2) is 40.1 Å². The fraction of sp³-hybridized carbons (Fsp3) is 0.294. The maximum atomic E-state index is 13.4. The number of carbonyl (C=O) groups excluding carboxylic acids is 2. The summed E-state index contributed by atoms with van der Waals surface area (Å²) in [5.41, 5.74) is -1.18. The van der Waals surface area contributed by atoms with E-state index in [0.717, 1.165) is 15.7 Å². The second-order valence-corrected chi connectivity index (χ2v) is 5.78. The van der Waals surface area contributed by atoms with Gasteiger partial charge in [-0.25, -0.2) is 4.79 Å². The highest BCUT2D eigenvalue weighted by Gasteiger charge is 2.34. The van der Waals surface area contributed by atoms with E-state index in [1.807, 2.05) is 4.98 Å². The molecule has 1 aromatic carbocycles. The first-order valence-electron chi connectivity index (χ1n) is 7.93. The van der Waals surface area contributed by atoms with Crippen molar-refractivity contribution < 1.29 is 18.7 Å². The van der Waals surface area contributed by atoms with Crippen molar-refractivity contribution in [3.8, 4) is 0 Å². The molecule has 0 fully saturated rings. The van der Waals surface area contributed by atoms with E-state index in [1.54, 1.807) is 24.3 Å². The number of hydrogen-bond donors (Lipinski definition) is 1. The number of H-pyrrole nitrogens is 1. The summed E-state index contributed by atoms with van der Waals surface area (Å²) < 4.78 is 19.5. The quantitative estimate of drug-likeness (QED) is 0.770. The fourth-order valence-electron chi connectivity index (χ4n) is 2.91. The first kappa shape index (κ1) is 17.7. The van der Waals surface area contributed by atoms with Gasteiger partial charge in [-0.1, -0.05) is 12.1 Å². The number of fused-ring (bicyclic) bond motifs is 1. The van der Waals surface area contributed by atoms with E-state index in [9.17, 15) is 23.6 Å². The van der Waals surface area contributed by atoms with Crippen LogP contribution in [-0.4, -0.2) is 39.9 Å². The van der Waals surface area contributed by atoms with Crippen LogP contribution in [0.3, 0.4) is 0 Å². The number of rotatable bonds is 6. The fourth-order valence-corrected chi connectivity index (χ4v) is 2.91. The van der Waals surface area contributed by atoms with Gasteiger partial charge in [-0.05, 0) is 25.0 Å². The van der Waals surface area contributed by atoms with Crippen LogP contribution in [0.25, 0.3) is 0 Å². The van der Waals surface area contributed by atoms with Gasteiger partial charge >= 0.3 is 5.69 Å². The lowest BCUT2D eigenvalue weighted by atomic mass is 10.1. The Balaban J connectivity index is 1.69. The maximum absolute atomic E-state index is 13.4. The first-order valence-corrected chi connectivity index (χ1v) is 7.93. The molecule has 1 aromatic heterocycles. The SMILES string of the molecule is COC(CCCN1C(=O)c2ccccc2C1=O)n1cc(F)c(=O)[nH]c1=O. The summed E-state index contributed by atoms with van der Waals surface area (Å²) in [6.07, 6.45) is 0.494. The van der Waals surface area contributed by atoms with Gasteiger partial charge in [0.05, 0.1) is 17.3 Å². The van der Waals surface area contributed by atoms with Crippen molar-refractivity contribution >= 4 is 11.8 Å². The Kier molecular flexibility index (Phi) is 4.81. The molecule has 8 nitrogen and oxygen atoms in total. The van der Waals surface area contributed by atoms with Gasteiger partial charge in [-0.3, -0.25) is 28.8 Å². The molecule has 0 saturated carbocycles. The third kappa shape index (κ3) is 3.08. The second kappa shape index (κ2) is 7.04. The predicted octanol–water partition coefficient (Wildman–Crippen LogP) is 0.897. The van der Waals surface area contributed by atoms with Crippen LogP contribution in [0.4, 0.5) is 4.39 Å². The number of aromatic nitrogens is 2. The van der Waals surface area contributed by atoms with Crippen molar-refractivity contribution in [2.75, 3.05) is 13.7 Å². The van der Waals surface area contributed by atoms with Crippen LogP contribution in [-0.2, 0) is 4.74 Å². The number of carbonyl (C=O) groups is 2. The van der Waals surface area contributed by atoms with Crippen LogP contribution >= 0.6 is 0 Å². The van der Waals surface area contributed by atoms with Crippen LogP contribution < -0.4 is 11.2 Å². The Morgan fingerprint density at radius 2 is 1.73 bits per heavy atom. The zero-order chi connectivity index (χ0) is 18.8. The van der Waals surface area contributed by atoms with Crippen LogP contribution in [0.1, 0.15) is 39.8 Å². The topological polar surface area (TPSA) is 101 Å². The zero-order valence-corrected chi connectivity index (χ0v) is 13.9. The predicted molar refractivity (Wildman–Crippen MR) is 88.4 cm³/mol. The molecule has 2 heterocycles. The molecule has 2 amide bonds. The van der Waals surface area contributed by atoms with Gasteiger partial charge < -0.3 is 4.74 Å². The zero-order valence-electron chi connectivity index (χ0n) is 13.9. The Morgan fingerprint density at radius 3 is 2.31 bits per heavy atom. The number of halogens is 1. The Hall–Kier alpha value is -3.07. The molecule has 0 aliphatic carbocycles. The van der Waals surface area contributed by atoms with Gasteiger partial charge in [-0.15, -0.1) is 0 Å². The van der Waals surface area contributed by atoms with Crippen molar-refractivity contribution in [2.45, 2.75) is 19.1 Å². The highest BCUT2D eigenvalue weighted by molar-refractivity contribution is 6.21. The Morgan fingerprint density at radius 1 is 1.12 bits per heavy atom. The molecule has 0 bridgehead atoms. The van der Waals surface area contributed by atoms with E-state index >= 15 is 0 Å². The van der Waals surface area contributed by atoms with Gasteiger partial charge in [0, 0.05) is 13.7 Å². The molecule has 0 radical (unpaired) electrons. The van der Waals surface area contributed by atoms with Gasteiger partial charge in [0.1, 0.15) is 6.23 Å². The molecule has 26 heavy (non-hydrogen) atoms. The number of hydrogen-bond acceptors (Lipinski definition) is 5. The minimum Gasteiger partial charge on any atom is -0.361 e. The lowest BCUT2D eigenvalue weighted by molar-refractivity contribution is 0.0277. The van der Waals surface area contributed by atoms with Crippen LogP contribution in [0, 0.1) is 5.82 Å². The van der Waals surface area contributed by atoms with E-state index in [0.29, 0.717) is 17.5 Å². The van der Waals surface area contributed by atoms with E-state index in [1.165, 1.54) is 7.11 Å². The number of nitrogens with zero attached hydrogens (tertiary/aromatic N) is 2. The minimum absolute atomic E-state index is 0.132. The summed E-state index contributed by atoms with van der Waals surface area (Å²) in [6.45, 7) is 0.132.